The highest BCUT2D eigenvalue weighted by atomic mass is 16.5. The summed E-state index contributed by atoms with van der Waals surface area (Å²) in [5.41, 5.74) is 1.54. The molecule has 0 radical (unpaired) electrons. The van der Waals surface area contributed by atoms with Crippen LogP contribution < -0.4 is 0 Å². The third kappa shape index (κ3) is 4.30. The molecular formula is C19H18O4. The van der Waals surface area contributed by atoms with Gasteiger partial charge in [0.15, 0.2) is 5.78 Å². The van der Waals surface area contributed by atoms with Crippen molar-refractivity contribution in [2.75, 3.05) is 0 Å². The smallest absolute Gasteiger partial charge is 0.330 e. The van der Waals surface area contributed by atoms with E-state index in [4.69, 9.17) is 4.74 Å². The van der Waals surface area contributed by atoms with Crippen LogP contribution in [-0.4, -0.2) is 23.0 Å². The molecule has 1 unspecified atom stereocenters. The molecule has 2 rings (SSSR count). The molecule has 0 amide bonds. The third-order valence-electron chi connectivity index (χ3n) is 3.35. The quantitative estimate of drug-likeness (QED) is 0.505. The van der Waals surface area contributed by atoms with Gasteiger partial charge in [-0.1, -0.05) is 43.0 Å². The molecule has 0 saturated heterocycles. The summed E-state index contributed by atoms with van der Waals surface area (Å²) in [5.74, 6) is -0.808. The molecular weight excluding hydrogens is 292 g/mol. The molecule has 0 heterocycles. The predicted octanol–water partition coefficient (Wildman–Crippen LogP) is 3.28. The molecule has 4 heteroatoms. The van der Waals surface area contributed by atoms with Crippen LogP contribution in [0.4, 0.5) is 0 Å². The second-order valence-corrected chi connectivity index (χ2v) is 5.20. The van der Waals surface area contributed by atoms with Gasteiger partial charge in [0.25, 0.3) is 0 Å². The lowest BCUT2D eigenvalue weighted by atomic mass is 9.99. The number of benzene rings is 2. The molecule has 0 saturated carbocycles. The van der Waals surface area contributed by atoms with Gasteiger partial charge in [0.1, 0.15) is 11.9 Å². The average molecular weight is 310 g/mol. The number of phenolic OH excluding ortho intramolecular Hbond substituents is 1. The topological polar surface area (TPSA) is 63.6 Å². The van der Waals surface area contributed by atoms with E-state index in [1.165, 1.54) is 6.07 Å². The van der Waals surface area contributed by atoms with E-state index < -0.39 is 5.97 Å². The van der Waals surface area contributed by atoms with Crippen LogP contribution in [0.5, 0.6) is 5.75 Å². The van der Waals surface area contributed by atoms with E-state index in [-0.39, 0.29) is 23.2 Å². The van der Waals surface area contributed by atoms with Crippen molar-refractivity contribution < 1.29 is 19.4 Å². The normalized spacial score (nSPS) is 11.5. The number of ketones is 1. The first-order chi connectivity index (χ1) is 11.0. The highest BCUT2D eigenvalue weighted by molar-refractivity contribution is 6.10. The van der Waals surface area contributed by atoms with Crippen molar-refractivity contribution >= 4 is 11.8 Å². The molecule has 0 aromatic heterocycles. The summed E-state index contributed by atoms with van der Waals surface area (Å²) >= 11 is 0. The van der Waals surface area contributed by atoms with Crippen LogP contribution in [0.15, 0.2) is 61.2 Å². The fourth-order valence-corrected chi connectivity index (χ4v) is 2.26. The number of phenols is 1. The van der Waals surface area contributed by atoms with Gasteiger partial charge < -0.3 is 9.84 Å². The zero-order valence-electron chi connectivity index (χ0n) is 12.9. The number of aromatic hydroxyl groups is 1. The monoisotopic (exact) mass is 310 g/mol. The Labute approximate surface area is 135 Å². The molecule has 1 N–H and O–H groups in total. The molecule has 0 aliphatic carbocycles. The molecule has 1 atom stereocenters. The predicted molar refractivity (Wildman–Crippen MR) is 87.4 cm³/mol. The summed E-state index contributed by atoms with van der Waals surface area (Å²) in [5, 5.41) is 10.1. The molecule has 0 aliphatic heterocycles. The number of rotatable bonds is 6. The molecule has 0 aliphatic rings. The van der Waals surface area contributed by atoms with E-state index in [0.29, 0.717) is 12.0 Å². The molecule has 0 spiro atoms. The van der Waals surface area contributed by atoms with Gasteiger partial charge in [-0.05, 0) is 24.6 Å². The van der Waals surface area contributed by atoms with Crippen LogP contribution in [0.3, 0.4) is 0 Å². The number of carbonyl (C=O) groups excluding carboxylic acids is 2. The fraction of sp³-hybridized carbons (Fsp3) is 0.158. The van der Waals surface area contributed by atoms with E-state index >= 15 is 0 Å². The summed E-state index contributed by atoms with van der Waals surface area (Å²) in [6.45, 7) is 5.09. The first-order valence-electron chi connectivity index (χ1n) is 7.26. The summed E-state index contributed by atoms with van der Waals surface area (Å²) in [6.07, 6.45) is 1.19. The van der Waals surface area contributed by atoms with Crippen molar-refractivity contribution in [2.45, 2.75) is 19.4 Å². The Morgan fingerprint density at radius 1 is 1.22 bits per heavy atom. The largest absolute Gasteiger partial charge is 0.507 e. The molecule has 0 bridgehead atoms. The van der Waals surface area contributed by atoms with E-state index in [2.05, 4.69) is 6.58 Å². The number of carbonyl (C=O) groups is 2. The minimum atomic E-state index is -0.488. The van der Waals surface area contributed by atoms with Gasteiger partial charge in [-0.15, -0.1) is 0 Å². The second kappa shape index (κ2) is 7.40. The van der Waals surface area contributed by atoms with Crippen LogP contribution in [0.1, 0.15) is 28.4 Å². The Balaban J connectivity index is 2.13. The Kier molecular flexibility index (Phi) is 5.31. The summed E-state index contributed by atoms with van der Waals surface area (Å²) in [7, 11) is 0. The van der Waals surface area contributed by atoms with E-state index in [1.54, 1.807) is 43.3 Å². The number of esters is 1. The standard InChI is InChI=1S/C19H18O4/c1-3-18(21)23-13(2)11-14-9-10-16(17(20)12-14)19(22)15-7-5-4-6-8-15/h3-10,12-13,20H,1,11H2,2H3. The van der Waals surface area contributed by atoms with Gasteiger partial charge in [-0.3, -0.25) is 4.79 Å². The average Bonchev–Trinajstić information content (AvgIpc) is 2.55. The zero-order valence-corrected chi connectivity index (χ0v) is 12.9. The molecule has 2 aromatic rings. The first-order valence-corrected chi connectivity index (χ1v) is 7.26. The van der Waals surface area contributed by atoms with Crippen LogP contribution in [0.25, 0.3) is 0 Å². The van der Waals surface area contributed by atoms with Crippen molar-refractivity contribution in [1.82, 2.24) is 0 Å². The molecule has 2 aromatic carbocycles. The van der Waals surface area contributed by atoms with Crippen molar-refractivity contribution in [1.29, 1.82) is 0 Å². The Morgan fingerprint density at radius 2 is 1.91 bits per heavy atom. The second-order valence-electron chi connectivity index (χ2n) is 5.20. The maximum atomic E-state index is 12.3. The lowest BCUT2D eigenvalue weighted by Crippen LogP contribution is -2.15. The minimum Gasteiger partial charge on any atom is -0.507 e. The van der Waals surface area contributed by atoms with Gasteiger partial charge in [0.05, 0.1) is 5.56 Å². The van der Waals surface area contributed by atoms with E-state index in [9.17, 15) is 14.7 Å². The van der Waals surface area contributed by atoms with Crippen LogP contribution >= 0.6 is 0 Å². The lowest BCUT2D eigenvalue weighted by Gasteiger charge is -2.13. The molecule has 23 heavy (non-hydrogen) atoms. The van der Waals surface area contributed by atoms with Gasteiger partial charge in [0, 0.05) is 18.1 Å². The summed E-state index contributed by atoms with van der Waals surface area (Å²) < 4.78 is 5.08. The Bertz CT molecular complexity index is 719. The third-order valence-corrected chi connectivity index (χ3v) is 3.35. The number of ether oxygens (including phenoxy) is 1. The highest BCUT2D eigenvalue weighted by Gasteiger charge is 2.15. The van der Waals surface area contributed by atoms with Gasteiger partial charge in [-0.2, -0.15) is 0 Å². The van der Waals surface area contributed by atoms with Gasteiger partial charge in [-0.25, -0.2) is 4.79 Å². The van der Waals surface area contributed by atoms with E-state index in [1.807, 2.05) is 6.07 Å². The lowest BCUT2D eigenvalue weighted by molar-refractivity contribution is -0.142. The van der Waals surface area contributed by atoms with Crippen molar-refractivity contribution in [3.05, 3.63) is 77.9 Å². The molecule has 0 fully saturated rings. The van der Waals surface area contributed by atoms with Crippen molar-refractivity contribution in [3.63, 3.8) is 0 Å². The Hall–Kier alpha value is -2.88. The molecule has 118 valence electrons. The van der Waals surface area contributed by atoms with Crippen LogP contribution in [0, 0.1) is 0 Å². The molecule has 4 nitrogen and oxygen atoms in total. The maximum Gasteiger partial charge on any atom is 0.330 e. The van der Waals surface area contributed by atoms with Gasteiger partial charge >= 0.3 is 5.97 Å². The highest BCUT2D eigenvalue weighted by Crippen LogP contribution is 2.23. The minimum absolute atomic E-state index is 0.0846. The summed E-state index contributed by atoms with van der Waals surface area (Å²) in [6, 6.07) is 13.6. The van der Waals surface area contributed by atoms with Gasteiger partial charge in [0.2, 0.25) is 0 Å². The number of hydrogen-bond acceptors (Lipinski definition) is 4. The maximum absolute atomic E-state index is 12.3. The van der Waals surface area contributed by atoms with Crippen molar-refractivity contribution in [3.8, 4) is 5.75 Å². The van der Waals surface area contributed by atoms with E-state index in [0.717, 1.165) is 11.6 Å². The van der Waals surface area contributed by atoms with Crippen LogP contribution in [-0.2, 0) is 16.0 Å². The van der Waals surface area contributed by atoms with Crippen molar-refractivity contribution in [2.24, 2.45) is 0 Å². The summed E-state index contributed by atoms with van der Waals surface area (Å²) in [4.78, 5) is 23.5. The zero-order chi connectivity index (χ0) is 16.8. The number of hydrogen-bond donors (Lipinski definition) is 1. The fourth-order valence-electron chi connectivity index (χ4n) is 2.26. The van der Waals surface area contributed by atoms with Crippen LogP contribution in [0.2, 0.25) is 0 Å². The Morgan fingerprint density at radius 3 is 2.52 bits per heavy atom. The SMILES string of the molecule is C=CC(=O)OC(C)Cc1ccc(C(=O)c2ccccc2)c(O)c1. The first kappa shape index (κ1) is 16.5.